The molecule has 2 rings (SSSR count). The Balaban J connectivity index is 2.58. The maximum atomic E-state index is 13.3. The fraction of sp³-hybridized carbons (Fsp3) is 0.333. The van der Waals surface area contributed by atoms with Crippen molar-refractivity contribution in [2.45, 2.75) is 26.1 Å². The van der Waals surface area contributed by atoms with Crippen molar-refractivity contribution in [2.24, 2.45) is 0 Å². The molecule has 0 fully saturated rings. The number of nitrogens with zero attached hydrogens (tertiary/aromatic N) is 1. The minimum Gasteiger partial charge on any atom is -0.469 e. The van der Waals surface area contributed by atoms with Gasteiger partial charge in [-0.1, -0.05) is 23.7 Å². The van der Waals surface area contributed by atoms with E-state index in [1.807, 2.05) is 0 Å². The van der Waals surface area contributed by atoms with Crippen LogP contribution in [0.3, 0.4) is 0 Å². The molecule has 1 N–H and O–H groups in total. The van der Waals surface area contributed by atoms with Crippen LogP contribution in [0.2, 0.25) is 5.02 Å². The highest BCUT2D eigenvalue weighted by atomic mass is 35.5. The fourth-order valence-electron chi connectivity index (χ4n) is 3.02. The molecule has 0 spiro atoms. The Kier molecular flexibility index (Phi) is 7.72. The Morgan fingerprint density at radius 3 is 2.43 bits per heavy atom. The molecule has 0 unspecified atom stereocenters. The number of hydrogen-bond acceptors (Lipinski definition) is 3. The summed E-state index contributed by atoms with van der Waals surface area (Å²) in [6, 6.07) is 7.82. The lowest BCUT2D eigenvalue weighted by molar-refractivity contribution is -0.140. The van der Waals surface area contributed by atoms with Gasteiger partial charge in [-0.05, 0) is 53.4 Å². The summed E-state index contributed by atoms with van der Waals surface area (Å²) in [5.41, 5.74) is 1.08. The van der Waals surface area contributed by atoms with Gasteiger partial charge in [-0.3, -0.25) is 4.79 Å². The van der Waals surface area contributed by atoms with Crippen molar-refractivity contribution in [2.75, 3.05) is 20.7 Å². The maximum absolute atomic E-state index is 13.3. The molecule has 0 saturated carbocycles. The minimum absolute atomic E-state index is 0.0284. The Hall–Kier alpha value is -2.74. The average molecular weight is 443 g/mol. The lowest BCUT2D eigenvalue weighted by atomic mass is 9.95. The van der Waals surface area contributed by atoms with E-state index in [-0.39, 0.29) is 13.0 Å². The molecule has 30 heavy (non-hydrogen) atoms. The number of hydrogen-bond donors (Lipinski definition) is 1. The van der Waals surface area contributed by atoms with Crippen LogP contribution in [0.15, 0.2) is 36.4 Å². The Labute approximate surface area is 177 Å². The molecule has 0 heterocycles. The van der Waals surface area contributed by atoms with E-state index in [1.165, 1.54) is 25.1 Å². The predicted octanol–water partition coefficient (Wildman–Crippen LogP) is 4.90. The van der Waals surface area contributed by atoms with Crippen LogP contribution in [0.25, 0.3) is 11.1 Å². The van der Waals surface area contributed by atoms with E-state index in [0.717, 1.165) is 12.1 Å². The molecule has 162 valence electrons. The number of esters is 1. The first-order chi connectivity index (χ1) is 14.1. The summed E-state index contributed by atoms with van der Waals surface area (Å²) in [6.45, 7) is 2.00. The molecule has 5 nitrogen and oxygen atoms in total. The molecule has 0 saturated heterocycles. The number of nitrogens with one attached hydrogen (secondary N) is 1. The SMILES string of the molecule is CCN(Cc1cc(C(F)(F)F)ccc1-c1cc(Cl)cc(CC(=O)OC)c1)C(=O)NC. The third-order valence-corrected chi connectivity index (χ3v) is 4.74. The molecule has 0 aliphatic carbocycles. The number of urea groups is 1. The zero-order valence-electron chi connectivity index (χ0n) is 16.8. The van der Waals surface area contributed by atoms with E-state index in [2.05, 4.69) is 10.1 Å². The summed E-state index contributed by atoms with van der Waals surface area (Å²) < 4.78 is 44.5. The third kappa shape index (κ3) is 5.89. The van der Waals surface area contributed by atoms with Crippen LogP contribution >= 0.6 is 11.6 Å². The Morgan fingerprint density at radius 1 is 1.17 bits per heavy atom. The molecule has 9 heteroatoms. The Morgan fingerprint density at radius 2 is 1.87 bits per heavy atom. The zero-order chi connectivity index (χ0) is 22.5. The van der Waals surface area contributed by atoms with Crippen LogP contribution in [0, 0.1) is 0 Å². The van der Waals surface area contributed by atoms with Crippen LogP contribution in [-0.4, -0.2) is 37.6 Å². The molecule has 2 amide bonds. The van der Waals surface area contributed by atoms with E-state index in [4.69, 9.17) is 11.6 Å². The molecule has 0 atom stereocenters. The summed E-state index contributed by atoms with van der Waals surface area (Å²) in [5, 5.41) is 2.81. The van der Waals surface area contributed by atoms with Crippen molar-refractivity contribution in [3.8, 4) is 11.1 Å². The number of benzene rings is 2. The summed E-state index contributed by atoms with van der Waals surface area (Å²) in [5.74, 6) is -0.465. The minimum atomic E-state index is -4.53. The molecule has 0 bridgehead atoms. The monoisotopic (exact) mass is 442 g/mol. The topological polar surface area (TPSA) is 58.6 Å². The molecular weight excluding hydrogens is 421 g/mol. The van der Waals surface area contributed by atoms with Gasteiger partial charge >= 0.3 is 18.2 Å². The number of methoxy groups -OCH3 is 1. The maximum Gasteiger partial charge on any atom is 0.416 e. The third-order valence-electron chi connectivity index (χ3n) is 4.52. The van der Waals surface area contributed by atoms with E-state index >= 15 is 0 Å². The number of ether oxygens (including phenoxy) is 1. The fourth-order valence-corrected chi connectivity index (χ4v) is 3.28. The number of halogens is 4. The highest BCUT2D eigenvalue weighted by molar-refractivity contribution is 6.31. The first-order valence-electron chi connectivity index (χ1n) is 9.12. The number of amides is 2. The summed E-state index contributed by atoms with van der Waals surface area (Å²) in [7, 11) is 2.72. The Bertz CT molecular complexity index is 932. The van der Waals surface area contributed by atoms with Crippen LogP contribution in [0.4, 0.5) is 18.0 Å². The van der Waals surface area contributed by atoms with Crippen molar-refractivity contribution in [1.29, 1.82) is 0 Å². The second kappa shape index (κ2) is 9.84. The van der Waals surface area contributed by atoms with Gasteiger partial charge in [0.2, 0.25) is 0 Å². The first kappa shape index (κ1) is 23.5. The van der Waals surface area contributed by atoms with Gasteiger partial charge in [0.15, 0.2) is 0 Å². The van der Waals surface area contributed by atoms with E-state index in [0.29, 0.717) is 33.8 Å². The van der Waals surface area contributed by atoms with Gasteiger partial charge < -0.3 is 15.0 Å². The van der Waals surface area contributed by atoms with E-state index in [9.17, 15) is 22.8 Å². The summed E-state index contributed by atoms with van der Waals surface area (Å²) in [6.07, 6.45) is -4.55. The molecule has 0 aliphatic rings. The molecule has 0 aromatic heterocycles. The molecule has 0 radical (unpaired) electrons. The molecule has 2 aromatic carbocycles. The standard InChI is InChI=1S/C21H22ClF3N2O3/c1-4-27(20(29)26-2)12-15-10-16(21(23,24)25)5-6-18(15)14-7-13(8-17(22)11-14)9-19(28)30-3/h5-8,10-11H,4,9,12H2,1-3H3,(H,26,29). The van der Waals surface area contributed by atoms with Crippen molar-refractivity contribution >= 4 is 23.6 Å². The van der Waals surface area contributed by atoms with Gasteiger partial charge in [0, 0.05) is 25.2 Å². The quantitative estimate of drug-likeness (QED) is 0.647. The molecule has 0 aliphatic heterocycles. The van der Waals surface area contributed by atoms with Gasteiger partial charge in [0.1, 0.15) is 0 Å². The van der Waals surface area contributed by atoms with E-state index in [1.54, 1.807) is 25.1 Å². The smallest absolute Gasteiger partial charge is 0.416 e. The van der Waals surface area contributed by atoms with Gasteiger partial charge in [-0.25, -0.2) is 4.79 Å². The van der Waals surface area contributed by atoms with Gasteiger partial charge in [0.05, 0.1) is 19.1 Å². The largest absolute Gasteiger partial charge is 0.469 e. The first-order valence-corrected chi connectivity index (χ1v) is 9.50. The van der Waals surface area contributed by atoms with E-state index < -0.39 is 23.7 Å². The summed E-state index contributed by atoms with van der Waals surface area (Å²) in [4.78, 5) is 25.1. The average Bonchev–Trinajstić information content (AvgIpc) is 2.69. The predicted molar refractivity (Wildman–Crippen MR) is 108 cm³/mol. The highest BCUT2D eigenvalue weighted by Gasteiger charge is 2.31. The van der Waals surface area contributed by atoms with Crippen molar-refractivity contribution in [3.63, 3.8) is 0 Å². The van der Waals surface area contributed by atoms with Gasteiger partial charge in [0.25, 0.3) is 0 Å². The van der Waals surface area contributed by atoms with Crippen LogP contribution in [0.5, 0.6) is 0 Å². The highest BCUT2D eigenvalue weighted by Crippen LogP contribution is 2.35. The zero-order valence-corrected chi connectivity index (χ0v) is 17.5. The lowest BCUT2D eigenvalue weighted by Gasteiger charge is -2.23. The van der Waals surface area contributed by atoms with Crippen LogP contribution in [-0.2, 0) is 28.7 Å². The second-order valence-corrected chi connectivity index (χ2v) is 6.98. The number of rotatable bonds is 6. The van der Waals surface area contributed by atoms with Crippen LogP contribution in [0.1, 0.15) is 23.6 Å². The number of carbonyl (C=O) groups is 2. The van der Waals surface area contributed by atoms with Crippen LogP contribution < -0.4 is 5.32 Å². The van der Waals surface area contributed by atoms with Crippen molar-refractivity contribution in [3.05, 3.63) is 58.1 Å². The molecular formula is C21H22ClF3N2O3. The number of alkyl halides is 3. The molecule has 2 aromatic rings. The normalized spacial score (nSPS) is 11.2. The summed E-state index contributed by atoms with van der Waals surface area (Å²) >= 11 is 6.18. The lowest BCUT2D eigenvalue weighted by Crippen LogP contribution is -2.37. The number of carbonyl (C=O) groups excluding carboxylic acids is 2. The van der Waals surface area contributed by atoms with Crippen molar-refractivity contribution < 1.29 is 27.5 Å². The second-order valence-electron chi connectivity index (χ2n) is 6.54. The van der Waals surface area contributed by atoms with Gasteiger partial charge in [-0.15, -0.1) is 0 Å². The van der Waals surface area contributed by atoms with Gasteiger partial charge in [-0.2, -0.15) is 13.2 Å². The van der Waals surface area contributed by atoms with Crippen molar-refractivity contribution in [1.82, 2.24) is 10.2 Å².